The van der Waals surface area contributed by atoms with Gasteiger partial charge in [-0.3, -0.25) is 9.78 Å². The molecule has 0 unspecified atom stereocenters. The SMILES string of the molecule is Cc1ccc(Nc2cncc(C(=O)NC(C)C)c2)c(Br)c1. The van der Waals surface area contributed by atoms with Crippen molar-refractivity contribution >= 4 is 33.2 Å². The highest BCUT2D eigenvalue weighted by molar-refractivity contribution is 9.10. The molecule has 1 aromatic carbocycles. The van der Waals surface area contributed by atoms with Crippen LogP contribution >= 0.6 is 15.9 Å². The molecule has 110 valence electrons. The van der Waals surface area contributed by atoms with E-state index in [1.165, 1.54) is 5.56 Å². The second kappa shape index (κ2) is 6.72. The molecule has 1 amide bonds. The number of nitrogens with one attached hydrogen (secondary N) is 2. The molecule has 0 spiro atoms. The number of aromatic nitrogens is 1. The molecule has 0 saturated heterocycles. The largest absolute Gasteiger partial charge is 0.353 e. The lowest BCUT2D eigenvalue weighted by atomic mass is 10.2. The highest BCUT2D eigenvalue weighted by Gasteiger charge is 2.09. The third-order valence-electron chi connectivity index (χ3n) is 2.82. The Labute approximate surface area is 133 Å². The quantitative estimate of drug-likeness (QED) is 0.877. The third-order valence-corrected chi connectivity index (χ3v) is 3.48. The molecule has 0 bridgehead atoms. The number of halogens is 1. The Kier molecular flexibility index (Phi) is 4.96. The fourth-order valence-electron chi connectivity index (χ4n) is 1.86. The number of hydrogen-bond acceptors (Lipinski definition) is 3. The van der Waals surface area contributed by atoms with Gasteiger partial charge in [-0.25, -0.2) is 0 Å². The van der Waals surface area contributed by atoms with Crippen LogP contribution in [0.25, 0.3) is 0 Å². The smallest absolute Gasteiger partial charge is 0.253 e. The van der Waals surface area contributed by atoms with Gasteiger partial charge in [0.25, 0.3) is 5.91 Å². The van der Waals surface area contributed by atoms with Crippen molar-refractivity contribution in [2.45, 2.75) is 26.8 Å². The van der Waals surface area contributed by atoms with Gasteiger partial charge in [-0.2, -0.15) is 0 Å². The van der Waals surface area contributed by atoms with Crippen LogP contribution in [0, 0.1) is 6.92 Å². The first-order chi connectivity index (χ1) is 9.95. The van der Waals surface area contributed by atoms with E-state index < -0.39 is 0 Å². The summed E-state index contributed by atoms with van der Waals surface area (Å²) in [6.45, 7) is 5.89. The minimum atomic E-state index is -0.121. The number of carbonyl (C=O) groups excluding carboxylic acids is 1. The van der Waals surface area contributed by atoms with Crippen molar-refractivity contribution in [2.75, 3.05) is 5.32 Å². The number of benzene rings is 1. The second-order valence-electron chi connectivity index (χ2n) is 5.20. The van der Waals surface area contributed by atoms with Gasteiger partial charge in [0, 0.05) is 16.7 Å². The summed E-state index contributed by atoms with van der Waals surface area (Å²) in [5.41, 5.74) is 3.42. The summed E-state index contributed by atoms with van der Waals surface area (Å²) in [7, 11) is 0. The van der Waals surface area contributed by atoms with Gasteiger partial charge in [-0.05, 0) is 60.5 Å². The minimum Gasteiger partial charge on any atom is -0.353 e. The summed E-state index contributed by atoms with van der Waals surface area (Å²) in [5.74, 6) is -0.121. The molecule has 1 heterocycles. The Morgan fingerprint density at radius 1 is 1.24 bits per heavy atom. The fraction of sp³-hybridized carbons (Fsp3) is 0.250. The number of carbonyl (C=O) groups is 1. The number of nitrogens with zero attached hydrogens (tertiary/aromatic N) is 1. The molecule has 5 heteroatoms. The van der Waals surface area contributed by atoms with Gasteiger partial charge in [0.05, 0.1) is 23.1 Å². The number of hydrogen-bond donors (Lipinski definition) is 2. The normalized spacial score (nSPS) is 10.5. The van der Waals surface area contributed by atoms with Crippen molar-refractivity contribution in [2.24, 2.45) is 0 Å². The van der Waals surface area contributed by atoms with E-state index in [-0.39, 0.29) is 11.9 Å². The maximum Gasteiger partial charge on any atom is 0.253 e. The first-order valence-corrected chi connectivity index (χ1v) is 7.54. The molecular weight excluding hydrogens is 330 g/mol. The third kappa shape index (κ3) is 4.29. The number of amides is 1. The van der Waals surface area contributed by atoms with Gasteiger partial charge < -0.3 is 10.6 Å². The fourth-order valence-corrected chi connectivity index (χ4v) is 2.45. The van der Waals surface area contributed by atoms with Gasteiger partial charge in [0.1, 0.15) is 0 Å². The zero-order valence-electron chi connectivity index (χ0n) is 12.3. The van der Waals surface area contributed by atoms with Crippen LogP contribution in [0.5, 0.6) is 0 Å². The van der Waals surface area contributed by atoms with E-state index in [1.807, 2.05) is 39.0 Å². The average Bonchev–Trinajstić information content (AvgIpc) is 2.41. The Bertz CT molecular complexity index is 656. The molecule has 1 aromatic heterocycles. The molecule has 0 fully saturated rings. The maximum atomic E-state index is 12.0. The lowest BCUT2D eigenvalue weighted by Crippen LogP contribution is -2.30. The van der Waals surface area contributed by atoms with Crippen LogP contribution in [0.4, 0.5) is 11.4 Å². The van der Waals surface area contributed by atoms with Crippen LogP contribution in [0.3, 0.4) is 0 Å². The van der Waals surface area contributed by atoms with Crippen molar-refractivity contribution in [3.8, 4) is 0 Å². The van der Waals surface area contributed by atoms with Gasteiger partial charge in [-0.1, -0.05) is 6.07 Å². The highest BCUT2D eigenvalue weighted by atomic mass is 79.9. The molecule has 21 heavy (non-hydrogen) atoms. The van der Waals surface area contributed by atoms with Crippen molar-refractivity contribution in [1.29, 1.82) is 0 Å². The number of anilines is 2. The predicted octanol–water partition coefficient (Wildman–Crippen LogP) is 4.03. The summed E-state index contributed by atoms with van der Waals surface area (Å²) < 4.78 is 0.972. The molecule has 2 N–H and O–H groups in total. The molecule has 0 saturated carbocycles. The zero-order chi connectivity index (χ0) is 15.4. The minimum absolute atomic E-state index is 0.0976. The Morgan fingerprint density at radius 2 is 2.00 bits per heavy atom. The van der Waals surface area contributed by atoms with E-state index in [0.29, 0.717) is 5.56 Å². The second-order valence-corrected chi connectivity index (χ2v) is 6.05. The number of aryl methyl sites for hydroxylation is 1. The van der Waals surface area contributed by atoms with Crippen LogP contribution < -0.4 is 10.6 Å². The van der Waals surface area contributed by atoms with Crippen molar-refractivity contribution in [3.63, 3.8) is 0 Å². The summed E-state index contributed by atoms with van der Waals surface area (Å²) in [6, 6.07) is 7.93. The molecule has 0 aliphatic rings. The highest BCUT2D eigenvalue weighted by Crippen LogP contribution is 2.26. The van der Waals surface area contributed by atoms with Crippen LogP contribution in [0.15, 0.2) is 41.1 Å². The topological polar surface area (TPSA) is 54.0 Å². The molecule has 2 aromatic rings. The Hall–Kier alpha value is -1.88. The standard InChI is InChI=1S/C16H18BrN3O/c1-10(2)19-16(21)12-7-13(9-18-8-12)20-15-5-4-11(3)6-14(15)17/h4-10,20H,1-3H3,(H,19,21). The number of pyridine rings is 1. The molecule has 0 aliphatic heterocycles. The lowest BCUT2D eigenvalue weighted by molar-refractivity contribution is 0.0943. The van der Waals surface area contributed by atoms with Gasteiger partial charge in [-0.15, -0.1) is 0 Å². The summed E-state index contributed by atoms with van der Waals surface area (Å²) in [5, 5.41) is 6.11. The first kappa shape index (κ1) is 15.5. The average molecular weight is 348 g/mol. The van der Waals surface area contributed by atoms with Crippen LogP contribution in [-0.4, -0.2) is 16.9 Å². The first-order valence-electron chi connectivity index (χ1n) is 6.75. The summed E-state index contributed by atoms with van der Waals surface area (Å²) in [4.78, 5) is 16.1. The van der Waals surface area contributed by atoms with Crippen molar-refractivity contribution in [3.05, 3.63) is 52.3 Å². The molecule has 2 rings (SSSR count). The Balaban J connectivity index is 2.19. The van der Waals surface area contributed by atoms with Crippen LogP contribution in [-0.2, 0) is 0 Å². The van der Waals surface area contributed by atoms with Gasteiger partial charge >= 0.3 is 0 Å². The summed E-state index contributed by atoms with van der Waals surface area (Å²) in [6.07, 6.45) is 3.26. The predicted molar refractivity (Wildman–Crippen MR) is 89.0 cm³/mol. The monoisotopic (exact) mass is 347 g/mol. The van der Waals surface area contributed by atoms with Gasteiger partial charge in [0.15, 0.2) is 0 Å². The lowest BCUT2D eigenvalue weighted by Gasteiger charge is -2.11. The van der Waals surface area contributed by atoms with E-state index in [2.05, 4.69) is 31.5 Å². The van der Waals surface area contributed by atoms with E-state index in [9.17, 15) is 4.79 Å². The molecule has 4 nitrogen and oxygen atoms in total. The molecule has 0 atom stereocenters. The van der Waals surface area contributed by atoms with Crippen molar-refractivity contribution in [1.82, 2.24) is 10.3 Å². The van der Waals surface area contributed by atoms with E-state index in [0.717, 1.165) is 15.8 Å². The van der Waals surface area contributed by atoms with Crippen molar-refractivity contribution < 1.29 is 4.79 Å². The van der Waals surface area contributed by atoms with Crippen LogP contribution in [0.2, 0.25) is 0 Å². The molecule has 0 aliphatic carbocycles. The van der Waals surface area contributed by atoms with E-state index >= 15 is 0 Å². The zero-order valence-corrected chi connectivity index (χ0v) is 13.9. The number of rotatable bonds is 4. The molecule has 0 radical (unpaired) electrons. The van der Waals surface area contributed by atoms with E-state index in [4.69, 9.17) is 0 Å². The Morgan fingerprint density at radius 3 is 2.67 bits per heavy atom. The maximum absolute atomic E-state index is 12.0. The summed E-state index contributed by atoms with van der Waals surface area (Å²) >= 11 is 3.52. The van der Waals surface area contributed by atoms with Gasteiger partial charge in [0.2, 0.25) is 0 Å². The van der Waals surface area contributed by atoms with E-state index in [1.54, 1.807) is 18.5 Å². The molecular formula is C16H18BrN3O. The van der Waals surface area contributed by atoms with Crippen LogP contribution in [0.1, 0.15) is 29.8 Å².